The van der Waals surface area contributed by atoms with Gasteiger partial charge in [-0.15, -0.1) is 13.2 Å². The maximum absolute atomic E-state index is 12.1. The first-order valence-electron chi connectivity index (χ1n) is 7.72. The molecular formula is C18H17F3N3O2+. The minimum Gasteiger partial charge on any atom is -0.406 e. The van der Waals surface area contributed by atoms with Gasteiger partial charge in [0, 0.05) is 11.3 Å². The number of alkyl halides is 3. The number of nitriles is 1. The van der Waals surface area contributed by atoms with E-state index in [4.69, 9.17) is 5.26 Å². The van der Waals surface area contributed by atoms with Gasteiger partial charge in [0.05, 0.1) is 18.7 Å². The van der Waals surface area contributed by atoms with Crippen LogP contribution in [0.4, 0.5) is 18.9 Å². The van der Waals surface area contributed by atoms with E-state index in [-0.39, 0.29) is 18.2 Å². The van der Waals surface area contributed by atoms with E-state index in [9.17, 15) is 18.0 Å². The number of ether oxygens (including phenoxy) is 1. The number of nitrogens with one attached hydrogen (secondary N) is 2. The van der Waals surface area contributed by atoms with Crippen molar-refractivity contribution in [1.82, 2.24) is 0 Å². The number of amides is 1. The average molecular weight is 364 g/mol. The zero-order valence-corrected chi connectivity index (χ0v) is 13.9. The van der Waals surface area contributed by atoms with Gasteiger partial charge in [-0.25, -0.2) is 0 Å². The molecule has 2 aromatic rings. The van der Waals surface area contributed by atoms with E-state index in [0.29, 0.717) is 17.8 Å². The van der Waals surface area contributed by atoms with Crippen LogP contribution < -0.4 is 15.0 Å². The lowest BCUT2D eigenvalue weighted by Crippen LogP contribution is -3.08. The number of hydrogen-bond acceptors (Lipinski definition) is 3. The third-order valence-corrected chi connectivity index (χ3v) is 3.46. The molecule has 0 saturated heterocycles. The SMILES string of the molecule is C[NH+](CC(=O)Nc1ccc(OC(F)(F)F)cc1)Cc1ccccc1C#N. The standard InChI is InChI=1S/C18H16F3N3O2/c1-24(11-14-5-3-2-4-13(14)10-22)12-17(25)23-15-6-8-16(9-7-15)26-18(19,20)21/h2-9H,11-12H2,1H3,(H,23,25)/p+1. The molecule has 0 heterocycles. The van der Waals surface area contributed by atoms with E-state index in [2.05, 4.69) is 16.1 Å². The predicted octanol–water partition coefficient (Wildman–Crippen LogP) is 2.11. The van der Waals surface area contributed by atoms with Crippen molar-refractivity contribution < 1.29 is 27.6 Å². The third-order valence-electron chi connectivity index (χ3n) is 3.46. The Morgan fingerprint density at radius 1 is 1.19 bits per heavy atom. The molecule has 1 amide bonds. The van der Waals surface area contributed by atoms with Crippen LogP contribution in [0.15, 0.2) is 48.5 Å². The second-order valence-corrected chi connectivity index (χ2v) is 5.70. The highest BCUT2D eigenvalue weighted by Gasteiger charge is 2.30. The quantitative estimate of drug-likeness (QED) is 0.825. The molecule has 0 fully saturated rings. The van der Waals surface area contributed by atoms with Gasteiger partial charge >= 0.3 is 6.36 Å². The summed E-state index contributed by atoms with van der Waals surface area (Å²) in [5.41, 5.74) is 1.77. The van der Waals surface area contributed by atoms with Crippen molar-refractivity contribution in [2.75, 3.05) is 18.9 Å². The summed E-state index contributed by atoms with van der Waals surface area (Å²) >= 11 is 0. The van der Waals surface area contributed by atoms with Gasteiger partial charge in [-0.1, -0.05) is 18.2 Å². The summed E-state index contributed by atoms with van der Waals surface area (Å²) in [7, 11) is 1.81. The van der Waals surface area contributed by atoms with Gasteiger partial charge in [0.2, 0.25) is 0 Å². The molecule has 1 atom stereocenters. The third kappa shape index (κ3) is 6.11. The second-order valence-electron chi connectivity index (χ2n) is 5.70. The van der Waals surface area contributed by atoms with Crippen molar-refractivity contribution in [2.45, 2.75) is 12.9 Å². The van der Waals surface area contributed by atoms with Crippen LogP contribution in [0.1, 0.15) is 11.1 Å². The minimum absolute atomic E-state index is 0.139. The summed E-state index contributed by atoms with van der Waals surface area (Å²) in [6.07, 6.45) is -4.75. The fraction of sp³-hybridized carbons (Fsp3) is 0.222. The van der Waals surface area contributed by atoms with Gasteiger partial charge in [0.25, 0.3) is 5.91 Å². The number of rotatable bonds is 6. The first-order chi connectivity index (χ1) is 12.3. The number of likely N-dealkylation sites (N-methyl/N-ethyl adjacent to an activating group) is 1. The van der Waals surface area contributed by atoms with Crippen molar-refractivity contribution in [3.05, 3.63) is 59.7 Å². The number of benzene rings is 2. The van der Waals surface area contributed by atoms with E-state index >= 15 is 0 Å². The summed E-state index contributed by atoms with van der Waals surface area (Å²) in [6.45, 7) is 0.635. The zero-order chi connectivity index (χ0) is 19.2. The normalized spacial score (nSPS) is 12.1. The Morgan fingerprint density at radius 3 is 2.46 bits per heavy atom. The molecule has 0 spiro atoms. The van der Waals surface area contributed by atoms with Gasteiger partial charge in [0.1, 0.15) is 12.3 Å². The molecule has 0 aliphatic carbocycles. The van der Waals surface area contributed by atoms with Crippen LogP contribution in [0.2, 0.25) is 0 Å². The number of nitrogens with zero attached hydrogens (tertiary/aromatic N) is 1. The first kappa shape index (κ1) is 19.3. The fourth-order valence-corrected chi connectivity index (χ4v) is 2.39. The topological polar surface area (TPSA) is 66.6 Å². The van der Waals surface area contributed by atoms with Crippen LogP contribution in [0.5, 0.6) is 5.75 Å². The Bertz CT molecular complexity index is 799. The Hall–Kier alpha value is -3.05. The van der Waals surface area contributed by atoms with Crippen molar-refractivity contribution in [3.8, 4) is 11.8 Å². The minimum atomic E-state index is -4.75. The summed E-state index contributed by atoms with van der Waals surface area (Å²) in [5.74, 6) is -0.646. The number of halogens is 3. The van der Waals surface area contributed by atoms with Crippen LogP contribution in [0.25, 0.3) is 0 Å². The smallest absolute Gasteiger partial charge is 0.406 e. The molecule has 0 bridgehead atoms. The molecule has 0 aromatic heterocycles. The highest BCUT2D eigenvalue weighted by Crippen LogP contribution is 2.23. The van der Waals surface area contributed by atoms with Gasteiger partial charge in [-0.3, -0.25) is 4.79 Å². The van der Waals surface area contributed by atoms with Crippen LogP contribution in [0, 0.1) is 11.3 Å². The Labute approximate surface area is 148 Å². The summed E-state index contributed by atoms with van der Waals surface area (Å²) < 4.78 is 40.1. The van der Waals surface area contributed by atoms with Crippen LogP contribution in [-0.4, -0.2) is 25.9 Å². The lowest BCUT2D eigenvalue weighted by Gasteiger charge is -2.15. The van der Waals surface area contributed by atoms with Crippen LogP contribution in [-0.2, 0) is 11.3 Å². The number of carbonyl (C=O) groups excluding carboxylic acids is 1. The van der Waals surface area contributed by atoms with E-state index in [1.54, 1.807) is 12.1 Å². The Balaban J connectivity index is 1.89. The van der Waals surface area contributed by atoms with Crippen molar-refractivity contribution in [1.29, 1.82) is 5.26 Å². The Kier molecular flexibility index (Phi) is 6.20. The lowest BCUT2D eigenvalue weighted by atomic mass is 10.1. The number of carbonyl (C=O) groups is 1. The van der Waals surface area contributed by atoms with Gasteiger partial charge in [-0.2, -0.15) is 5.26 Å². The molecule has 0 radical (unpaired) electrons. The Morgan fingerprint density at radius 2 is 1.85 bits per heavy atom. The van der Waals surface area contributed by atoms with Crippen molar-refractivity contribution in [3.63, 3.8) is 0 Å². The molecule has 8 heteroatoms. The predicted molar refractivity (Wildman–Crippen MR) is 88.4 cm³/mol. The second kappa shape index (κ2) is 8.36. The molecule has 26 heavy (non-hydrogen) atoms. The van der Waals surface area contributed by atoms with Gasteiger partial charge in [0.15, 0.2) is 6.54 Å². The molecule has 0 aliphatic rings. The van der Waals surface area contributed by atoms with E-state index in [1.165, 1.54) is 12.1 Å². The summed E-state index contributed by atoms with van der Waals surface area (Å²) in [6, 6.07) is 14.2. The highest BCUT2D eigenvalue weighted by atomic mass is 19.4. The molecule has 2 rings (SSSR count). The van der Waals surface area contributed by atoms with Gasteiger partial charge < -0.3 is 15.0 Å². The van der Waals surface area contributed by atoms with Crippen LogP contribution in [0.3, 0.4) is 0 Å². The molecule has 5 nitrogen and oxygen atoms in total. The number of hydrogen-bond donors (Lipinski definition) is 2. The van der Waals surface area contributed by atoms with Gasteiger partial charge in [-0.05, 0) is 30.3 Å². The highest BCUT2D eigenvalue weighted by molar-refractivity contribution is 5.91. The first-order valence-corrected chi connectivity index (χ1v) is 7.72. The van der Waals surface area contributed by atoms with Crippen molar-refractivity contribution in [2.24, 2.45) is 0 Å². The van der Waals surface area contributed by atoms with Crippen LogP contribution >= 0.6 is 0 Å². The fourth-order valence-electron chi connectivity index (χ4n) is 2.39. The van der Waals surface area contributed by atoms with E-state index in [1.807, 2.05) is 19.2 Å². The molecule has 136 valence electrons. The maximum Gasteiger partial charge on any atom is 0.573 e. The molecule has 2 aromatic carbocycles. The number of anilines is 1. The molecule has 1 unspecified atom stereocenters. The van der Waals surface area contributed by atoms with E-state index in [0.717, 1.165) is 22.6 Å². The largest absolute Gasteiger partial charge is 0.573 e. The molecule has 0 saturated carbocycles. The summed E-state index contributed by atoms with van der Waals surface area (Å²) in [4.78, 5) is 12.9. The van der Waals surface area contributed by atoms with E-state index < -0.39 is 6.36 Å². The number of quaternary nitrogens is 1. The zero-order valence-electron chi connectivity index (χ0n) is 13.9. The average Bonchev–Trinajstić information content (AvgIpc) is 2.55. The maximum atomic E-state index is 12.1. The molecular weight excluding hydrogens is 347 g/mol. The van der Waals surface area contributed by atoms with Crippen molar-refractivity contribution >= 4 is 11.6 Å². The molecule has 2 N–H and O–H groups in total. The monoisotopic (exact) mass is 364 g/mol. The molecule has 0 aliphatic heterocycles. The lowest BCUT2D eigenvalue weighted by molar-refractivity contribution is -0.885. The summed E-state index contributed by atoms with van der Waals surface area (Å²) in [5, 5.41) is 11.7.